The first-order valence-corrected chi connectivity index (χ1v) is 6.12. The van der Waals surface area contributed by atoms with E-state index in [-0.39, 0.29) is 28.6 Å². The van der Waals surface area contributed by atoms with E-state index in [0.717, 1.165) is 17.5 Å². The van der Waals surface area contributed by atoms with Gasteiger partial charge in [0.25, 0.3) is 0 Å². The van der Waals surface area contributed by atoms with Crippen molar-refractivity contribution in [3.63, 3.8) is 0 Å². The number of hydrogen-bond donors (Lipinski definition) is 0. The largest absolute Gasteiger partial charge is 0.718 e. The summed E-state index contributed by atoms with van der Waals surface area (Å²) in [7, 11) is 0. The number of ketones is 2. The van der Waals surface area contributed by atoms with E-state index >= 15 is 0 Å². The second kappa shape index (κ2) is 9.48. The summed E-state index contributed by atoms with van der Waals surface area (Å²) in [5.74, 6) is 0.391. The maximum atomic E-state index is 11.1. The van der Waals surface area contributed by atoms with Gasteiger partial charge in [-0.3, -0.25) is 5.78 Å². The molecule has 2 aromatic carbocycles. The topological polar surface area (TPSA) is 34.1 Å². The van der Waals surface area contributed by atoms with Gasteiger partial charge in [-0.05, 0) is 12.8 Å². The van der Waals surface area contributed by atoms with E-state index < -0.39 is 0 Å². The van der Waals surface area contributed by atoms with Gasteiger partial charge in [-0.2, -0.15) is 12.1 Å². The molecule has 0 amide bonds. The molecule has 0 radical (unpaired) electrons. The van der Waals surface area contributed by atoms with Gasteiger partial charge in [-0.25, -0.2) is 12.1 Å². The Hall–Kier alpha value is -1.44. The van der Waals surface area contributed by atoms with Crippen molar-refractivity contribution in [1.82, 2.24) is 0 Å². The van der Waals surface area contributed by atoms with Crippen LogP contribution in [0.5, 0.6) is 0 Å². The molecule has 0 aromatic heterocycles. The van der Waals surface area contributed by atoms with E-state index in [0.29, 0.717) is 6.42 Å². The summed E-state index contributed by atoms with van der Waals surface area (Å²) in [6.07, 6.45) is 1.61. The summed E-state index contributed by atoms with van der Waals surface area (Å²) in [6.45, 7) is 3.58. The predicted octanol–water partition coefficient (Wildman–Crippen LogP) is 3.99. The van der Waals surface area contributed by atoms with Crippen molar-refractivity contribution < 1.29 is 26.7 Å². The number of Topliss-reactive ketones (excluding diaryl/α,β-unsaturated/α-hetero) is 2. The van der Waals surface area contributed by atoms with E-state index in [1.165, 1.54) is 0 Å². The van der Waals surface area contributed by atoms with Gasteiger partial charge in [0, 0.05) is 17.1 Å². The molecule has 0 aliphatic heterocycles. The second-order valence-corrected chi connectivity index (χ2v) is 4.08. The number of carbonyl (C=O) groups excluding carboxylic acids is 2. The molecule has 0 unspecified atom stereocenters. The molecule has 0 aliphatic carbocycles. The van der Waals surface area contributed by atoms with Crippen LogP contribution >= 0.6 is 0 Å². The van der Waals surface area contributed by atoms with E-state index in [1.54, 1.807) is 6.92 Å². The summed E-state index contributed by atoms with van der Waals surface area (Å²) >= 11 is 0. The minimum atomic E-state index is 0. The Bertz CT molecular complexity index is 467. The maximum Gasteiger partial charge on any atom is 0.108 e. The molecule has 0 aliphatic rings. The Labute approximate surface area is 125 Å². The van der Waals surface area contributed by atoms with Crippen molar-refractivity contribution in [2.45, 2.75) is 26.7 Å². The Kier molecular flexibility index (Phi) is 8.77. The van der Waals surface area contributed by atoms with E-state index in [2.05, 4.69) is 0 Å². The average Bonchev–Trinajstić information content (AvgIpc) is 3.04. The molecule has 19 heavy (non-hydrogen) atoms. The van der Waals surface area contributed by atoms with E-state index in [1.807, 2.05) is 55.5 Å². The summed E-state index contributed by atoms with van der Waals surface area (Å²) in [4.78, 5) is 21.6. The van der Waals surface area contributed by atoms with Gasteiger partial charge in [-0.1, -0.05) is 12.5 Å². The molecule has 108 valence electrons. The Morgan fingerprint density at radius 3 is 2.00 bits per heavy atom. The molecule has 0 N–H and O–H groups in total. The molecular weight excluding hydrogens is 280 g/mol. The Balaban J connectivity index is 0.000000331. The van der Waals surface area contributed by atoms with Crippen LogP contribution in [0.15, 0.2) is 48.5 Å². The normalized spacial score (nSPS) is 8.95. The van der Waals surface area contributed by atoms with E-state index in [9.17, 15) is 9.59 Å². The summed E-state index contributed by atoms with van der Waals surface area (Å²) in [5, 5.41) is 0. The third kappa shape index (κ3) is 6.32. The fourth-order valence-electron chi connectivity index (χ4n) is 1.54. The zero-order valence-corrected chi connectivity index (χ0v) is 12.3. The second-order valence-electron chi connectivity index (χ2n) is 4.08. The molecule has 0 heterocycles. The number of carbonyl (C=O) groups is 2. The molecule has 0 bridgehead atoms. The number of hydrogen-bond acceptors (Lipinski definition) is 2. The van der Waals surface area contributed by atoms with Crippen molar-refractivity contribution in [3.8, 4) is 0 Å². The molecule has 0 atom stereocenters. The van der Waals surface area contributed by atoms with Crippen LogP contribution in [0.25, 0.3) is 0 Å². The van der Waals surface area contributed by atoms with Crippen molar-refractivity contribution in [3.05, 3.63) is 59.7 Å². The standard InChI is InChI=1S/C9H11O.C7H7O.Fe/c1-2-5-9(10)8-6-3-4-7-8;1-6(8)7-4-2-3-5-7;/h3-4,6-7H,2,5H2,1H3;2-5H,1H3;/q-1;-5;. The maximum absolute atomic E-state index is 11.1. The van der Waals surface area contributed by atoms with Gasteiger partial charge >= 0.3 is 0 Å². The molecule has 0 saturated heterocycles. The third-order valence-corrected chi connectivity index (χ3v) is 2.53. The van der Waals surface area contributed by atoms with Crippen molar-refractivity contribution in [2.24, 2.45) is 0 Å². The van der Waals surface area contributed by atoms with Crippen LogP contribution in [0.3, 0.4) is 0 Å². The molecule has 0 fully saturated rings. The fraction of sp³-hybridized carbons (Fsp3) is 0.250. The minimum absolute atomic E-state index is 0. The van der Waals surface area contributed by atoms with Crippen LogP contribution in [-0.4, -0.2) is 11.6 Å². The molecule has 3 heteroatoms. The molecule has 2 rings (SSSR count). The van der Waals surface area contributed by atoms with Gasteiger partial charge < -0.3 is 39.4 Å². The molecule has 0 spiro atoms. The molecule has 2 nitrogen and oxygen atoms in total. The van der Waals surface area contributed by atoms with Crippen LogP contribution in [0, 0.1) is 0 Å². The third-order valence-electron chi connectivity index (χ3n) is 2.53. The van der Waals surface area contributed by atoms with Crippen LogP contribution < -0.4 is 0 Å². The summed E-state index contributed by atoms with van der Waals surface area (Å²) in [5.41, 5.74) is 1.65. The first-order chi connectivity index (χ1) is 8.65. The van der Waals surface area contributed by atoms with Crippen LogP contribution in [0.4, 0.5) is 0 Å². The van der Waals surface area contributed by atoms with Crippen molar-refractivity contribution in [2.75, 3.05) is 0 Å². The molecular formula is C16H18FeO2-6. The summed E-state index contributed by atoms with van der Waals surface area (Å²) < 4.78 is 0. The fourth-order valence-corrected chi connectivity index (χ4v) is 1.54. The van der Waals surface area contributed by atoms with Crippen LogP contribution in [0.2, 0.25) is 0 Å². The predicted molar refractivity (Wildman–Crippen MR) is 73.3 cm³/mol. The average molecular weight is 298 g/mol. The van der Waals surface area contributed by atoms with Crippen molar-refractivity contribution in [1.29, 1.82) is 0 Å². The van der Waals surface area contributed by atoms with Gasteiger partial charge in [0.2, 0.25) is 0 Å². The van der Waals surface area contributed by atoms with Gasteiger partial charge in [0.1, 0.15) is 5.78 Å². The monoisotopic (exact) mass is 298 g/mol. The first kappa shape index (κ1) is 17.6. The zero-order valence-electron chi connectivity index (χ0n) is 11.2. The number of rotatable bonds is 4. The van der Waals surface area contributed by atoms with Gasteiger partial charge in [0.05, 0.1) is 0 Å². The minimum Gasteiger partial charge on any atom is -0.718 e. The van der Waals surface area contributed by atoms with Crippen LogP contribution in [-0.2, 0) is 17.1 Å². The molecule has 0 saturated carbocycles. The SMILES string of the molecule is CC(=O)[c-]1[cH-][cH-][cH-][cH-]1.CCCC(=O)[c-]1cccc1.[Fe]. The smallest absolute Gasteiger partial charge is 0.108 e. The molecule has 2 aromatic rings. The van der Waals surface area contributed by atoms with Gasteiger partial charge in [0.15, 0.2) is 0 Å². The summed E-state index contributed by atoms with van der Waals surface area (Å²) in [6, 6.07) is 14.8. The van der Waals surface area contributed by atoms with Crippen molar-refractivity contribution >= 4 is 11.6 Å². The van der Waals surface area contributed by atoms with Crippen LogP contribution in [0.1, 0.15) is 47.4 Å². The Morgan fingerprint density at radius 2 is 1.63 bits per heavy atom. The van der Waals surface area contributed by atoms with E-state index in [4.69, 9.17) is 0 Å². The first-order valence-electron chi connectivity index (χ1n) is 6.12. The van der Waals surface area contributed by atoms with Gasteiger partial charge in [-0.15, -0.1) is 6.92 Å². The Morgan fingerprint density at radius 1 is 1.11 bits per heavy atom. The quantitative estimate of drug-likeness (QED) is 0.486. The zero-order chi connectivity index (χ0) is 13.4.